The molecule has 0 amide bonds. The summed E-state index contributed by atoms with van der Waals surface area (Å²) in [6, 6.07) is 11.3. The molecule has 36 heavy (non-hydrogen) atoms. The summed E-state index contributed by atoms with van der Waals surface area (Å²) in [6.07, 6.45) is 1.85. The number of imidazole rings is 1. The zero-order valence-electron chi connectivity index (χ0n) is 20.2. The molecule has 1 fully saturated rings. The van der Waals surface area contributed by atoms with Crippen LogP contribution in [0, 0.1) is 23.2 Å². The first kappa shape index (κ1) is 23.3. The zero-order valence-corrected chi connectivity index (χ0v) is 20.2. The lowest BCUT2D eigenvalue weighted by molar-refractivity contribution is 0.496. The van der Waals surface area contributed by atoms with Crippen molar-refractivity contribution in [3.05, 3.63) is 62.6 Å². The largest absolute Gasteiger partial charge is 0.341 e. The summed E-state index contributed by atoms with van der Waals surface area (Å²) < 4.78 is 4.30. The molecule has 0 spiro atoms. The first-order chi connectivity index (χ1) is 17.4. The summed E-state index contributed by atoms with van der Waals surface area (Å²) in [6.45, 7) is 3.30. The lowest BCUT2D eigenvalue weighted by Crippen LogP contribution is -2.44. The zero-order chi connectivity index (χ0) is 25.4. The van der Waals surface area contributed by atoms with Crippen molar-refractivity contribution >= 4 is 27.9 Å². The Balaban J connectivity index is 1.70. The van der Waals surface area contributed by atoms with Crippen LogP contribution in [-0.4, -0.2) is 42.8 Å². The minimum Gasteiger partial charge on any atom is -0.341 e. The highest BCUT2D eigenvalue weighted by Crippen LogP contribution is 2.23. The number of anilines is 1. The third-order valence-electron chi connectivity index (χ3n) is 6.59. The third kappa shape index (κ3) is 3.92. The SMILES string of the molecule is CC#CCn1c(N2CCCC(N)C2)nc2c1c(=O)n(Cc1cc3ccccc3c(C#N)n1)c(=O)n2C. The molecular formula is C26H26N8O2. The van der Waals surface area contributed by atoms with Crippen molar-refractivity contribution in [2.24, 2.45) is 12.8 Å². The number of nitriles is 1. The van der Waals surface area contributed by atoms with Crippen LogP contribution in [0.3, 0.4) is 0 Å². The van der Waals surface area contributed by atoms with Gasteiger partial charge in [0, 0.05) is 31.6 Å². The van der Waals surface area contributed by atoms with Crippen LogP contribution in [-0.2, 0) is 20.1 Å². The van der Waals surface area contributed by atoms with Gasteiger partial charge in [-0.1, -0.05) is 30.2 Å². The van der Waals surface area contributed by atoms with Gasteiger partial charge < -0.3 is 10.6 Å². The smallest absolute Gasteiger partial charge is 0.332 e. The van der Waals surface area contributed by atoms with Crippen LogP contribution in [0.5, 0.6) is 0 Å². The minimum atomic E-state index is -0.505. The Hall–Kier alpha value is -4.41. The van der Waals surface area contributed by atoms with E-state index < -0.39 is 11.2 Å². The standard InChI is InChI=1S/C26H26N8O2/c1-3-4-12-33-22-23(30-25(33)32-11-7-9-18(28)15-32)31(2)26(36)34(24(22)35)16-19-13-17-8-5-6-10-20(17)21(14-27)29-19/h5-6,8,10,13,18H,7,9,11-12,15-16,28H2,1-2H3. The Morgan fingerprint density at radius 1 is 1.19 bits per heavy atom. The average molecular weight is 483 g/mol. The number of nitrogens with zero attached hydrogens (tertiary/aromatic N) is 7. The fourth-order valence-corrected chi connectivity index (χ4v) is 4.82. The quantitative estimate of drug-likeness (QED) is 0.435. The fraction of sp³-hybridized carbons (Fsp3) is 0.346. The molecule has 0 radical (unpaired) electrons. The summed E-state index contributed by atoms with van der Waals surface area (Å²) >= 11 is 0. The normalized spacial score (nSPS) is 15.6. The Morgan fingerprint density at radius 2 is 2.00 bits per heavy atom. The van der Waals surface area contributed by atoms with Crippen molar-refractivity contribution < 1.29 is 0 Å². The Bertz CT molecular complexity index is 1710. The third-order valence-corrected chi connectivity index (χ3v) is 6.59. The number of fused-ring (bicyclic) bond motifs is 2. The van der Waals surface area contributed by atoms with E-state index in [2.05, 4.69) is 27.8 Å². The molecule has 1 atom stereocenters. The van der Waals surface area contributed by atoms with E-state index in [1.807, 2.05) is 24.3 Å². The number of benzene rings is 1. The number of aromatic nitrogens is 5. The molecule has 0 aliphatic carbocycles. The molecule has 3 aromatic heterocycles. The highest BCUT2D eigenvalue weighted by Gasteiger charge is 2.26. The van der Waals surface area contributed by atoms with Crippen molar-refractivity contribution in [3.63, 3.8) is 0 Å². The maximum absolute atomic E-state index is 13.8. The van der Waals surface area contributed by atoms with E-state index in [-0.39, 0.29) is 24.8 Å². The van der Waals surface area contributed by atoms with Crippen LogP contribution < -0.4 is 21.9 Å². The van der Waals surface area contributed by atoms with Gasteiger partial charge in [0.15, 0.2) is 11.2 Å². The summed E-state index contributed by atoms with van der Waals surface area (Å²) in [5, 5.41) is 11.1. The van der Waals surface area contributed by atoms with Gasteiger partial charge in [-0.05, 0) is 31.2 Å². The molecule has 0 bridgehead atoms. The molecule has 1 aliphatic heterocycles. The Kier molecular flexibility index (Phi) is 6.05. The van der Waals surface area contributed by atoms with Gasteiger partial charge in [0.05, 0.1) is 18.8 Å². The van der Waals surface area contributed by atoms with Crippen LogP contribution in [0.1, 0.15) is 31.2 Å². The van der Waals surface area contributed by atoms with Gasteiger partial charge in [-0.3, -0.25) is 18.5 Å². The monoisotopic (exact) mass is 482 g/mol. The number of rotatable bonds is 4. The van der Waals surface area contributed by atoms with Crippen LogP contribution in [0.2, 0.25) is 0 Å². The average Bonchev–Trinajstić information content (AvgIpc) is 3.28. The van der Waals surface area contributed by atoms with E-state index in [0.717, 1.165) is 34.7 Å². The molecule has 2 N–H and O–H groups in total. The van der Waals surface area contributed by atoms with Gasteiger partial charge in [-0.15, -0.1) is 5.92 Å². The minimum absolute atomic E-state index is 0.0121. The van der Waals surface area contributed by atoms with Crippen LogP contribution in [0.4, 0.5) is 5.95 Å². The molecule has 10 heteroatoms. The van der Waals surface area contributed by atoms with Crippen molar-refractivity contribution in [3.8, 4) is 17.9 Å². The summed E-state index contributed by atoms with van der Waals surface area (Å²) in [5.41, 5.74) is 6.53. The van der Waals surface area contributed by atoms with E-state index in [1.54, 1.807) is 24.6 Å². The maximum atomic E-state index is 13.8. The van der Waals surface area contributed by atoms with Crippen molar-refractivity contribution in [2.45, 2.75) is 38.9 Å². The maximum Gasteiger partial charge on any atom is 0.332 e. The predicted octanol–water partition coefficient (Wildman–Crippen LogP) is 1.32. The molecule has 1 saturated heterocycles. The number of pyridine rings is 1. The number of piperidine rings is 1. The first-order valence-corrected chi connectivity index (χ1v) is 11.8. The van der Waals surface area contributed by atoms with Gasteiger partial charge >= 0.3 is 5.69 Å². The Labute approximate surface area is 207 Å². The Morgan fingerprint density at radius 3 is 2.75 bits per heavy atom. The molecule has 0 saturated carbocycles. The van der Waals surface area contributed by atoms with E-state index in [9.17, 15) is 14.9 Å². The summed E-state index contributed by atoms with van der Waals surface area (Å²) in [7, 11) is 1.60. The van der Waals surface area contributed by atoms with Gasteiger partial charge in [0.1, 0.15) is 11.8 Å². The molecule has 4 heterocycles. The number of aryl methyl sites for hydroxylation is 1. The van der Waals surface area contributed by atoms with Gasteiger partial charge in [0.25, 0.3) is 5.56 Å². The first-order valence-electron chi connectivity index (χ1n) is 11.8. The van der Waals surface area contributed by atoms with Gasteiger partial charge in [-0.2, -0.15) is 10.2 Å². The highest BCUT2D eigenvalue weighted by molar-refractivity contribution is 5.86. The molecule has 1 aromatic carbocycles. The summed E-state index contributed by atoms with van der Waals surface area (Å²) in [4.78, 5) is 38.3. The van der Waals surface area contributed by atoms with E-state index in [1.165, 1.54) is 4.57 Å². The topological polar surface area (TPSA) is 128 Å². The summed E-state index contributed by atoms with van der Waals surface area (Å²) in [5.74, 6) is 6.50. The predicted molar refractivity (Wildman–Crippen MR) is 138 cm³/mol. The molecule has 5 rings (SSSR count). The van der Waals surface area contributed by atoms with Crippen molar-refractivity contribution in [1.29, 1.82) is 5.26 Å². The van der Waals surface area contributed by atoms with Crippen LogP contribution in [0.15, 0.2) is 39.9 Å². The molecule has 4 aromatic rings. The molecule has 182 valence electrons. The van der Waals surface area contributed by atoms with E-state index in [0.29, 0.717) is 29.4 Å². The van der Waals surface area contributed by atoms with Crippen LogP contribution in [0.25, 0.3) is 21.9 Å². The molecular weight excluding hydrogens is 456 g/mol. The van der Waals surface area contributed by atoms with Crippen molar-refractivity contribution in [2.75, 3.05) is 18.0 Å². The second-order valence-electron chi connectivity index (χ2n) is 8.97. The van der Waals surface area contributed by atoms with Crippen molar-refractivity contribution in [1.82, 2.24) is 23.7 Å². The van der Waals surface area contributed by atoms with Crippen LogP contribution >= 0.6 is 0 Å². The highest BCUT2D eigenvalue weighted by atomic mass is 16.2. The van der Waals surface area contributed by atoms with Gasteiger partial charge in [0.2, 0.25) is 5.95 Å². The molecule has 1 unspecified atom stereocenters. The lowest BCUT2D eigenvalue weighted by atomic mass is 10.1. The van der Waals surface area contributed by atoms with E-state index in [4.69, 9.17) is 10.7 Å². The number of hydrogen-bond acceptors (Lipinski definition) is 7. The molecule has 1 aliphatic rings. The fourth-order valence-electron chi connectivity index (χ4n) is 4.82. The number of nitrogens with two attached hydrogens (primary N) is 1. The lowest BCUT2D eigenvalue weighted by Gasteiger charge is -2.31. The molecule has 10 nitrogen and oxygen atoms in total. The second-order valence-corrected chi connectivity index (χ2v) is 8.97. The second kappa shape index (κ2) is 9.33. The van der Waals surface area contributed by atoms with E-state index >= 15 is 0 Å². The van der Waals surface area contributed by atoms with Gasteiger partial charge in [-0.25, -0.2) is 9.78 Å². The number of hydrogen-bond donors (Lipinski definition) is 1.